The summed E-state index contributed by atoms with van der Waals surface area (Å²) in [5.41, 5.74) is 6.02. The highest BCUT2D eigenvalue weighted by atomic mass is 16.4. The molecule has 1 aromatic heterocycles. The summed E-state index contributed by atoms with van der Waals surface area (Å²) in [5, 5.41) is 34.5. The number of H-pyrrole nitrogens is 1. The summed E-state index contributed by atoms with van der Waals surface area (Å²) in [6.07, 6.45) is 1.41. The summed E-state index contributed by atoms with van der Waals surface area (Å²) in [5.74, 6) is -3.94. The lowest BCUT2D eigenvalue weighted by Gasteiger charge is -2.25. The Morgan fingerprint density at radius 3 is 2.17 bits per heavy atom. The second-order valence-corrected chi connectivity index (χ2v) is 6.44. The summed E-state index contributed by atoms with van der Waals surface area (Å²) >= 11 is 0. The van der Waals surface area contributed by atoms with Gasteiger partial charge in [-0.3, -0.25) is 14.4 Å². The van der Waals surface area contributed by atoms with E-state index in [-0.39, 0.29) is 6.42 Å². The summed E-state index contributed by atoms with van der Waals surface area (Å²) in [7, 11) is 0. The Labute approximate surface area is 166 Å². The van der Waals surface area contributed by atoms with Gasteiger partial charge in [-0.1, -0.05) is 0 Å². The van der Waals surface area contributed by atoms with Gasteiger partial charge in [-0.2, -0.15) is 0 Å². The van der Waals surface area contributed by atoms with E-state index in [1.807, 2.05) is 5.32 Å². The third-order valence-corrected chi connectivity index (χ3v) is 3.89. The normalized spacial score (nSPS) is 16.0. The highest BCUT2D eigenvalue weighted by Gasteiger charge is 2.32. The minimum Gasteiger partial charge on any atom is -0.480 e. The number of nitrogens with one attached hydrogen (secondary N) is 4. The van der Waals surface area contributed by atoms with E-state index in [9.17, 15) is 24.3 Å². The molecule has 1 rings (SSSR count). The van der Waals surface area contributed by atoms with Crippen molar-refractivity contribution in [1.82, 2.24) is 25.9 Å². The van der Waals surface area contributed by atoms with Crippen molar-refractivity contribution in [2.75, 3.05) is 6.61 Å². The lowest BCUT2D eigenvalue weighted by Crippen LogP contribution is -2.60. The number of nitrogens with zero attached hydrogens (tertiary/aromatic N) is 1. The van der Waals surface area contributed by atoms with Crippen LogP contribution in [0.4, 0.5) is 0 Å². The van der Waals surface area contributed by atoms with Crippen molar-refractivity contribution in [3.8, 4) is 0 Å². The van der Waals surface area contributed by atoms with Crippen LogP contribution in [-0.2, 0) is 25.6 Å². The molecule has 9 N–H and O–H groups in total. The lowest BCUT2D eigenvalue weighted by atomic mass is 10.1. The fraction of sp³-hybridized carbons (Fsp3) is 0.562. The van der Waals surface area contributed by atoms with Gasteiger partial charge in [-0.15, -0.1) is 0 Å². The molecule has 1 heterocycles. The second-order valence-electron chi connectivity index (χ2n) is 6.44. The second kappa shape index (κ2) is 11.1. The van der Waals surface area contributed by atoms with Crippen molar-refractivity contribution >= 4 is 23.7 Å². The molecule has 0 aromatic carbocycles. The standard InChI is InChI=1S/C16H26N6O7/c1-7(17)13(25)20-10(3-9-4-18-6-19-9)14(26)22-12(8(2)24)15(27)21-11(5-23)16(28)29/h4,6-8,10-12,23-24H,3,5,17H2,1-2H3,(H,18,19)(H,20,25)(H,21,27)(H,22,26)(H,28,29). The van der Waals surface area contributed by atoms with Gasteiger partial charge in [-0.25, -0.2) is 9.78 Å². The first kappa shape index (κ1) is 24.0. The average molecular weight is 414 g/mol. The minimum absolute atomic E-state index is 0.00711. The van der Waals surface area contributed by atoms with Gasteiger partial charge in [0.05, 0.1) is 25.1 Å². The van der Waals surface area contributed by atoms with E-state index in [1.54, 1.807) is 0 Å². The van der Waals surface area contributed by atoms with Gasteiger partial charge in [0.25, 0.3) is 0 Å². The summed E-state index contributed by atoms with van der Waals surface area (Å²) in [6, 6.07) is -5.20. The number of carbonyl (C=O) groups is 4. The van der Waals surface area contributed by atoms with E-state index < -0.39 is 60.6 Å². The Bertz CT molecular complexity index is 707. The number of carboxylic acid groups (broad SMARTS) is 1. The van der Waals surface area contributed by atoms with Crippen LogP contribution in [-0.4, -0.2) is 85.9 Å². The van der Waals surface area contributed by atoms with E-state index in [2.05, 4.69) is 20.6 Å². The van der Waals surface area contributed by atoms with E-state index in [0.29, 0.717) is 5.69 Å². The van der Waals surface area contributed by atoms with E-state index in [4.69, 9.17) is 15.9 Å². The van der Waals surface area contributed by atoms with Crippen LogP contribution in [0.5, 0.6) is 0 Å². The zero-order valence-corrected chi connectivity index (χ0v) is 16.0. The first-order valence-electron chi connectivity index (χ1n) is 8.72. The Hall–Kier alpha value is -3.03. The van der Waals surface area contributed by atoms with Gasteiger partial charge < -0.3 is 42.0 Å². The molecule has 0 fully saturated rings. The Morgan fingerprint density at radius 1 is 1.10 bits per heavy atom. The van der Waals surface area contributed by atoms with Crippen LogP contribution in [0.25, 0.3) is 0 Å². The number of imidazole rings is 1. The Balaban J connectivity index is 2.95. The number of carboxylic acids is 1. The number of hydrogen-bond donors (Lipinski definition) is 8. The molecule has 5 unspecified atom stereocenters. The molecule has 0 saturated heterocycles. The SMILES string of the molecule is CC(N)C(=O)NC(Cc1cnc[nH]1)C(=O)NC(C(=O)NC(CO)C(=O)O)C(C)O. The quantitative estimate of drug-likeness (QED) is 0.178. The van der Waals surface area contributed by atoms with Gasteiger partial charge in [0, 0.05) is 18.3 Å². The topological polar surface area (TPSA) is 220 Å². The predicted octanol–water partition coefficient (Wildman–Crippen LogP) is -3.79. The number of aromatic amines is 1. The monoisotopic (exact) mass is 414 g/mol. The molecule has 3 amide bonds. The van der Waals surface area contributed by atoms with Crippen LogP contribution >= 0.6 is 0 Å². The van der Waals surface area contributed by atoms with Gasteiger partial charge >= 0.3 is 5.97 Å². The fourth-order valence-electron chi connectivity index (χ4n) is 2.23. The summed E-state index contributed by atoms with van der Waals surface area (Å²) < 4.78 is 0. The van der Waals surface area contributed by atoms with Crippen LogP contribution in [0.2, 0.25) is 0 Å². The third kappa shape index (κ3) is 7.48. The number of amides is 3. The molecule has 0 aliphatic rings. The number of aliphatic hydroxyl groups excluding tert-OH is 2. The summed E-state index contributed by atoms with van der Waals surface area (Å²) in [4.78, 5) is 54.4. The maximum atomic E-state index is 12.7. The molecular formula is C16H26N6O7. The molecule has 0 spiro atoms. The maximum absolute atomic E-state index is 12.7. The van der Waals surface area contributed by atoms with Gasteiger partial charge in [0.2, 0.25) is 17.7 Å². The van der Waals surface area contributed by atoms with Crippen LogP contribution in [0, 0.1) is 0 Å². The zero-order valence-electron chi connectivity index (χ0n) is 16.0. The van der Waals surface area contributed by atoms with Crippen molar-refractivity contribution in [2.24, 2.45) is 5.73 Å². The molecule has 0 aliphatic carbocycles. The van der Waals surface area contributed by atoms with Crippen molar-refractivity contribution < 1.29 is 34.5 Å². The number of aromatic nitrogens is 2. The molecule has 29 heavy (non-hydrogen) atoms. The molecular weight excluding hydrogens is 388 g/mol. The average Bonchev–Trinajstić information content (AvgIpc) is 3.15. The first-order valence-corrected chi connectivity index (χ1v) is 8.72. The molecule has 162 valence electrons. The van der Waals surface area contributed by atoms with Crippen LogP contribution in [0.3, 0.4) is 0 Å². The predicted molar refractivity (Wildman–Crippen MR) is 98.1 cm³/mol. The number of rotatable bonds is 11. The van der Waals surface area contributed by atoms with Gasteiger partial charge in [0.15, 0.2) is 0 Å². The van der Waals surface area contributed by atoms with Crippen molar-refractivity contribution in [3.63, 3.8) is 0 Å². The third-order valence-electron chi connectivity index (χ3n) is 3.89. The highest BCUT2D eigenvalue weighted by Crippen LogP contribution is 2.02. The zero-order chi connectivity index (χ0) is 22.1. The number of aliphatic carboxylic acids is 1. The largest absolute Gasteiger partial charge is 0.480 e. The summed E-state index contributed by atoms with van der Waals surface area (Å²) in [6.45, 7) is 1.76. The number of carbonyl (C=O) groups excluding carboxylic acids is 3. The van der Waals surface area contributed by atoms with E-state index >= 15 is 0 Å². The molecule has 13 heteroatoms. The maximum Gasteiger partial charge on any atom is 0.328 e. The molecule has 0 aliphatic heterocycles. The molecule has 0 saturated carbocycles. The molecule has 1 aromatic rings. The van der Waals surface area contributed by atoms with Gasteiger partial charge in [-0.05, 0) is 13.8 Å². The van der Waals surface area contributed by atoms with Crippen molar-refractivity contribution in [1.29, 1.82) is 0 Å². The van der Waals surface area contributed by atoms with Crippen molar-refractivity contribution in [3.05, 3.63) is 18.2 Å². The fourth-order valence-corrected chi connectivity index (χ4v) is 2.23. The lowest BCUT2D eigenvalue weighted by molar-refractivity contribution is -0.144. The van der Waals surface area contributed by atoms with E-state index in [1.165, 1.54) is 26.4 Å². The van der Waals surface area contributed by atoms with E-state index in [0.717, 1.165) is 0 Å². The highest BCUT2D eigenvalue weighted by molar-refractivity contribution is 5.94. The van der Waals surface area contributed by atoms with Crippen LogP contribution in [0.15, 0.2) is 12.5 Å². The minimum atomic E-state index is -1.61. The van der Waals surface area contributed by atoms with Crippen molar-refractivity contribution in [2.45, 2.75) is 50.5 Å². The number of aliphatic hydroxyl groups is 2. The van der Waals surface area contributed by atoms with Crippen LogP contribution in [0.1, 0.15) is 19.5 Å². The smallest absolute Gasteiger partial charge is 0.328 e. The molecule has 0 radical (unpaired) electrons. The Kier molecular flexibility index (Phi) is 9.18. The number of nitrogens with two attached hydrogens (primary N) is 1. The first-order chi connectivity index (χ1) is 13.6. The van der Waals surface area contributed by atoms with Crippen LogP contribution < -0.4 is 21.7 Å². The Morgan fingerprint density at radius 2 is 1.72 bits per heavy atom. The number of hydrogen-bond acceptors (Lipinski definition) is 8. The molecule has 13 nitrogen and oxygen atoms in total. The molecule has 5 atom stereocenters. The van der Waals surface area contributed by atoms with Gasteiger partial charge in [0.1, 0.15) is 18.1 Å². The molecule has 0 bridgehead atoms.